The zero-order chi connectivity index (χ0) is 22.9. The van der Waals surface area contributed by atoms with Crippen LogP contribution in [0.4, 0.5) is 0 Å². The van der Waals surface area contributed by atoms with Gasteiger partial charge in [-0.25, -0.2) is 14.0 Å². The summed E-state index contributed by atoms with van der Waals surface area (Å²) in [5.74, 6) is 0.750. The van der Waals surface area contributed by atoms with Crippen molar-refractivity contribution in [1.82, 2.24) is 9.78 Å². The van der Waals surface area contributed by atoms with Crippen molar-refractivity contribution in [3.63, 3.8) is 0 Å². The molecular formula is C26H26N4O2S. The number of ether oxygens (including phenoxy) is 1. The van der Waals surface area contributed by atoms with Gasteiger partial charge < -0.3 is 4.74 Å². The highest BCUT2D eigenvalue weighted by molar-refractivity contribution is 7.91. The van der Waals surface area contributed by atoms with Gasteiger partial charge in [-0.1, -0.05) is 97.9 Å². The molecule has 168 valence electrons. The lowest BCUT2D eigenvalue weighted by Crippen LogP contribution is -2.31. The van der Waals surface area contributed by atoms with Gasteiger partial charge in [-0.05, 0) is 16.7 Å². The molecule has 7 heteroatoms. The van der Waals surface area contributed by atoms with Crippen LogP contribution in [0.15, 0.2) is 106 Å². The van der Waals surface area contributed by atoms with E-state index in [0.717, 1.165) is 16.7 Å². The smallest absolute Gasteiger partial charge is 0.230 e. The fourth-order valence-corrected chi connectivity index (χ4v) is 5.79. The molecule has 1 aromatic heterocycles. The zero-order valence-electron chi connectivity index (χ0n) is 18.4. The quantitative estimate of drug-likeness (QED) is 0.444. The van der Waals surface area contributed by atoms with Crippen LogP contribution >= 0.6 is 0 Å². The molecule has 33 heavy (non-hydrogen) atoms. The van der Waals surface area contributed by atoms with Crippen LogP contribution in [0.2, 0.25) is 0 Å². The molecule has 1 aliphatic rings. The highest BCUT2D eigenvalue weighted by Gasteiger charge is 2.39. The predicted molar refractivity (Wildman–Crippen MR) is 129 cm³/mol. The van der Waals surface area contributed by atoms with E-state index < -0.39 is 15.5 Å². The van der Waals surface area contributed by atoms with E-state index in [1.165, 1.54) is 6.20 Å². The molecule has 4 aromatic rings. The van der Waals surface area contributed by atoms with E-state index >= 15 is 0 Å². The number of rotatable bonds is 5. The summed E-state index contributed by atoms with van der Waals surface area (Å²) < 4.78 is 26.8. The normalized spacial score (nSPS) is 17.5. The van der Waals surface area contributed by atoms with E-state index in [-0.39, 0.29) is 0 Å². The molecule has 1 unspecified atom stereocenters. The number of aromatic nitrogens is 2. The van der Waals surface area contributed by atoms with Crippen molar-refractivity contribution in [3.05, 3.63) is 114 Å². The van der Waals surface area contributed by atoms with Crippen molar-refractivity contribution >= 4 is 9.92 Å². The number of hydrogen-bond acceptors (Lipinski definition) is 4. The first-order chi connectivity index (χ1) is 16.0. The van der Waals surface area contributed by atoms with E-state index in [2.05, 4.69) is 12.0 Å². The van der Waals surface area contributed by atoms with Crippen molar-refractivity contribution in [1.29, 1.82) is 0 Å². The molecule has 0 amide bonds. The fourth-order valence-electron chi connectivity index (χ4n) is 4.35. The fraction of sp³-hybridized carbons (Fsp3) is 0.192. The predicted octanol–water partition coefficient (Wildman–Crippen LogP) is 4.60. The number of nitrogens with zero attached hydrogens (tertiary/aromatic N) is 3. The van der Waals surface area contributed by atoms with Gasteiger partial charge in [0, 0.05) is 5.92 Å². The maximum absolute atomic E-state index is 14.2. The standard InChI is InChI=1S/C26H26N4O2S/c1-20-18-30-25(32-19-20)24(17-28-30)33(27,31)29-26(21-11-5-2-6-12-21,22-13-7-3-8-14-22)23-15-9-4-10-16-23/h2-17,20H,18-19H2,1H3,(H2,27,29,31)/t20-,33?/m1/s1. The third-order valence-corrected chi connectivity index (χ3v) is 7.37. The molecule has 0 fully saturated rings. The minimum absolute atomic E-state index is 0.313. The molecule has 0 saturated carbocycles. The van der Waals surface area contributed by atoms with E-state index in [1.807, 2.05) is 91.0 Å². The van der Waals surface area contributed by atoms with Crippen LogP contribution in [0.25, 0.3) is 0 Å². The Kier molecular flexibility index (Phi) is 5.52. The van der Waals surface area contributed by atoms with Gasteiger partial charge in [0.25, 0.3) is 0 Å². The van der Waals surface area contributed by atoms with E-state index in [0.29, 0.717) is 29.8 Å². The van der Waals surface area contributed by atoms with Gasteiger partial charge in [0.15, 0.2) is 0 Å². The Morgan fingerprint density at radius 2 is 1.42 bits per heavy atom. The summed E-state index contributed by atoms with van der Waals surface area (Å²) in [6.45, 7) is 3.29. The molecule has 1 aliphatic heterocycles. The van der Waals surface area contributed by atoms with E-state index in [1.54, 1.807) is 4.68 Å². The second-order valence-electron chi connectivity index (χ2n) is 8.38. The van der Waals surface area contributed by atoms with E-state index in [4.69, 9.17) is 14.2 Å². The SMILES string of the molecule is C[C@H]1COc2c(S(N)(=O)=NC(c3ccccc3)(c3ccccc3)c3ccccc3)cnn2C1. The summed E-state index contributed by atoms with van der Waals surface area (Å²) in [5, 5.41) is 11.0. The molecule has 0 radical (unpaired) electrons. The van der Waals surface area contributed by atoms with Crippen LogP contribution in [0, 0.1) is 5.92 Å². The van der Waals surface area contributed by atoms with Crippen molar-refractivity contribution in [2.75, 3.05) is 6.61 Å². The van der Waals surface area contributed by atoms with Gasteiger partial charge in [-0.3, -0.25) is 0 Å². The number of hydrogen-bond donors (Lipinski definition) is 1. The number of benzene rings is 3. The van der Waals surface area contributed by atoms with Gasteiger partial charge in [0.1, 0.15) is 20.3 Å². The maximum Gasteiger partial charge on any atom is 0.230 e. The van der Waals surface area contributed by atoms with Crippen LogP contribution < -0.4 is 9.88 Å². The van der Waals surface area contributed by atoms with Gasteiger partial charge in [0.2, 0.25) is 5.88 Å². The molecular weight excluding hydrogens is 432 g/mol. The molecule has 0 bridgehead atoms. The van der Waals surface area contributed by atoms with Crippen LogP contribution in [0.1, 0.15) is 23.6 Å². The first kappa shape index (κ1) is 21.4. The highest BCUT2D eigenvalue weighted by atomic mass is 32.2. The first-order valence-electron chi connectivity index (χ1n) is 10.9. The molecule has 2 heterocycles. The molecule has 0 saturated heterocycles. The molecule has 5 rings (SSSR count). The summed E-state index contributed by atoms with van der Waals surface area (Å²) in [5.41, 5.74) is 1.52. The van der Waals surface area contributed by atoms with Crippen molar-refractivity contribution in [3.8, 4) is 5.88 Å². The molecule has 2 atom stereocenters. The molecule has 0 aliphatic carbocycles. The summed E-state index contributed by atoms with van der Waals surface area (Å²) >= 11 is 0. The van der Waals surface area contributed by atoms with E-state index in [9.17, 15) is 4.21 Å². The minimum Gasteiger partial charge on any atom is -0.477 e. The van der Waals surface area contributed by atoms with Crippen molar-refractivity contribution < 1.29 is 8.95 Å². The second kappa shape index (κ2) is 8.50. The minimum atomic E-state index is -3.41. The Morgan fingerprint density at radius 1 is 0.939 bits per heavy atom. The summed E-state index contributed by atoms with van der Waals surface area (Å²) in [6, 6.07) is 29.5. The molecule has 0 spiro atoms. The third kappa shape index (κ3) is 3.83. The highest BCUT2D eigenvalue weighted by Crippen LogP contribution is 2.42. The first-order valence-corrected chi connectivity index (χ1v) is 12.5. The summed E-state index contributed by atoms with van der Waals surface area (Å²) in [7, 11) is -3.41. The zero-order valence-corrected chi connectivity index (χ0v) is 19.2. The lowest BCUT2D eigenvalue weighted by Gasteiger charge is -2.32. The Balaban J connectivity index is 1.82. The van der Waals surface area contributed by atoms with Crippen LogP contribution in [-0.4, -0.2) is 20.6 Å². The number of fused-ring (bicyclic) bond motifs is 1. The average Bonchev–Trinajstić information content (AvgIpc) is 3.28. The Hall–Kier alpha value is -3.42. The van der Waals surface area contributed by atoms with Crippen LogP contribution in [0.3, 0.4) is 0 Å². The Labute approximate surface area is 194 Å². The molecule has 2 N–H and O–H groups in total. The van der Waals surface area contributed by atoms with Crippen LogP contribution in [-0.2, 0) is 22.0 Å². The third-order valence-electron chi connectivity index (χ3n) is 5.91. The van der Waals surface area contributed by atoms with Gasteiger partial charge in [0.05, 0.1) is 19.3 Å². The lowest BCUT2D eigenvalue weighted by atomic mass is 9.78. The molecule has 6 nitrogen and oxygen atoms in total. The molecule has 3 aromatic carbocycles. The second-order valence-corrected chi connectivity index (χ2v) is 10.1. The Bertz CT molecular complexity index is 1260. The largest absolute Gasteiger partial charge is 0.477 e. The summed E-state index contributed by atoms with van der Waals surface area (Å²) in [4.78, 5) is 0.321. The maximum atomic E-state index is 14.2. The van der Waals surface area contributed by atoms with Crippen LogP contribution in [0.5, 0.6) is 5.88 Å². The monoisotopic (exact) mass is 458 g/mol. The van der Waals surface area contributed by atoms with Crippen molar-refractivity contribution in [2.45, 2.75) is 23.9 Å². The topological polar surface area (TPSA) is 82.5 Å². The van der Waals surface area contributed by atoms with Gasteiger partial charge in [-0.2, -0.15) is 9.46 Å². The summed E-state index contributed by atoms with van der Waals surface area (Å²) in [6.07, 6.45) is 1.53. The van der Waals surface area contributed by atoms with Gasteiger partial charge in [-0.15, -0.1) is 0 Å². The Morgan fingerprint density at radius 3 is 1.91 bits per heavy atom. The van der Waals surface area contributed by atoms with Gasteiger partial charge >= 0.3 is 0 Å². The average molecular weight is 459 g/mol. The number of nitrogens with two attached hydrogens (primary N) is 1. The van der Waals surface area contributed by atoms with Crippen molar-refractivity contribution in [2.24, 2.45) is 15.4 Å². The lowest BCUT2D eigenvalue weighted by molar-refractivity contribution is 0.170.